The minimum absolute atomic E-state index is 0.0979. The van der Waals surface area contributed by atoms with E-state index in [1.165, 1.54) is 0 Å². The fraction of sp³-hybridized carbons (Fsp3) is 0.435. The van der Waals surface area contributed by atoms with Gasteiger partial charge in [0.1, 0.15) is 22.8 Å². The summed E-state index contributed by atoms with van der Waals surface area (Å²) in [4.78, 5) is 12.8. The third-order valence-corrected chi connectivity index (χ3v) is 5.54. The lowest BCUT2D eigenvalue weighted by atomic mass is 9.83. The average molecular weight is 383 g/mol. The minimum Gasteiger partial charge on any atom is -0.497 e. The van der Waals surface area contributed by atoms with E-state index >= 15 is 0 Å². The smallest absolute Gasteiger partial charge is 0.261 e. The Morgan fingerprint density at radius 3 is 2.43 bits per heavy atom. The van der Waals surface area contributed by atoms with Gasteiger partial charge in [-0.1, -0.05) is 32.0 Å². The molecule has 28 heavy (non-hydrogen) atoms. The van der Waals surface area contributed by atoms with Crippen LogP contribution in [0, 0.1) is 0 Å². The summed E-state index contributed by atoms with van der Waals surface area (Å²) in [6, 6.07) is 15.1. The molecule has 0 saturated carbocycles. The molecule has 0 unspecified atom stereocenters. The van der Waals surface area contributed by atoms with Crippen LogP contribution in [0.5, 0.6) is 17.2 Å². The first-order valence-electron chi connectivity index (χ1n) is 9.89. The van der Waals surface area contributed by atoms with Crippen LogP contribution in [0.4, 0.5) is 0 Å². The molecule has 0 saturated heterocycles. The molecule has 2 aromatic carbocycles. The van der Waals surface area contributed by atoms with E-state index in [4.69, 9.17) is 14.2 Å². The van der Waals surface area contributed by atoms with Crippen molar-refractivity contribution in [3.63, 3.8) is 0 Å². The zero-order chi connectivity index (χ0) is 20.1. The van der Waals surface area contributed by atoms with E-state index in [0.29, 0.717) is 5.75 Å². The van der Waals surface area contributed by atoms with Crippen LogP contribution < -0.4 is 19.5 Å². The van der Waals surface area contributed by atoms with Gasteiger partial charge in [0, 0.05) is 12.0 Å². The van der Waals surface area contributed by atoms with Crippen LogP contribution in [0.25, 0.3) is 0 Å². The molecule has 150 valence electrons. The number of amides is 1. The minimum atomic E-state index is -0.610. The Hall–Kier alpha value is -2.69. The second-order valence-corrected chi connectivity index (χ2v) is 7.23. The number of rotatable bonds is 7. The zero-order valence-electron chi connectivity index (χ0n) is 17.0. The van der Waals surface area contributed by atoms with Crippen molar-refractivity contribution in [1.82, 2.24) is 5.32 Å². The molecule has 5 heteroatoms. The van der Waals surface area contributed by atoms with Crippen molar-refractivity contribution in [2.45, 2.75) is 57.8 Å². The van der Waals surface area contributed by atoms with Gasteiger partial charge in [-0.2, -0.15) is 0 Å². The highest BCUT2D eigenvalue weighted by molar-refractivity contribution is 5.81. The largest absolute Gasteiger partial charge is 0.497 e. The Morgan fingerprint density at radius 1 is 1.14 bits per heavy atom. The molecule has 0 aromatic heterocycles. The topological polar surface area (TPSA) is 56.8 Å². The second-order valence-electron chi connectivity index (χ2n) is 7.23. The molecule has 3 rings (SSSR count). The summed E-state index contributed by atoms with van der Waals surface area (Å²) in [5, 5.41) is 3.17. The summed E-state index contributed by atoms with van der Waals surface area (Å²) in [7, 11) is 1.62. The van der Waals surface area contributed by atoms with Gasteiger partial charge in [0.05, 0.1) is 13.2 Å². The number of methoxy groups -OCH3 is 1. The van der Waals surface area contributed by atoms with Crippen LogP contribution in [-0.2, 0) is 4.79 Å². The van der Waals surface area contributed by atoms with E-state index in [1.807, 2.05) is 36.4 Å². The molecule has 0 spiro atoms. The van der Waals surface area contributed by atoms with Crippen LogP contribution >= 0.6 is 0 Å². The first-order valence-corrected chi connectivity index (χ1v) is 9.89. The first kappa shape index (κ1) is 20.1. The lowest BCUT2D eigenvalue weighted by molar-refractivity contribution is -0.128. The number of ether oxygens (including phenoxy) is 3. The number of fused-ring (bicyclic) bond motifs is 1. The number of nitrogens with one attached hydrogen (secondary N) is 1. The van der Waals surface area contributed by atoms with Crippen LogP contribution in [0.15, 0.2) is 48.5 Å². The maximum atomic E-state index is 12.8. The van der Waals surface area contributed by atoms with Gasteiger partial charge in [-0.05, 0) is 50.1 Å². The summed E-state index contributed by atoms with van der Waals surface area (Å²) in [5.74, 6) is 2.09. The fourth-order valence-electron chi connectivity index (χ4n) is 3.63. The molecule has 1 aliphatic rings. The number of benzene rings is 2. The average Bonchev–Trinajstić information content (AvgIpc) is 2.74. The van der Waals surface area contributed by atoms with Gasteiger partial charge in [-0.15, -0.1) is 0 Å². The summed E-state index contributed by atoms with van der Waals surface area (Å²) < 4.78 is 17.3. The van der Waals surface area contributed by atoms with Crippen molar-refractivity contribution < 1.29 is 19.0 Å². The van der Waals surface area contributed by atoms with E-state index in [-0.39, 0.29) is 17.6 Å². The first-order chi connectivity index (χ1) is 13.5. The molecule has 1 aliphatic heterocycles. The Kier molecular flexibility index (Phi) is 6.12. The van der Waals surface area contributed by atoms with Gasteiger partial charge in [0.2, 0.25) is 0 Å². The van der Waals surface area contributed by atoms with E-state index < -0.39 is 6.10 Å². The number of carbonyl (C=O) groups is 1. The third kappa shape index (κ3) is 4.24. The Balaban J connectivity index is 1.72. The van der Waals surface area contributed by atoms with Gasteiger partial charge in [-0.25, -0.2) is 0 Å². The third-order valence-electron chi connectivity index (χ3n) is 5.54. The van der Waals surface area contributed by atoms with Gasteiger partial charge >= 0.3 is 0 Å². The predicted octanol–water partition coefficient (Wildman–Crippen LogP) is 4.66. The summed E-state index contributed by atoms with van der Waals surface area (Å²) in [5.41, 5.74) is 0.761. The molecular formula is C23H29NO4. The van der Waals surface area contributed by atoms with Crippen molar-refractivity contribution in [2.75, 3.05) is 7.11 Å². The molecular weight excluding hydrogens is 354 g/mol. The van der Waals surface area contributed by atoms with Crippen LogP contribution in [0.3, 0.4) is 0 Å². The molecule has 2 aromatic rings. The molecule has 0 bridgehead atoms. The van der Waals surface area contributed by atoms with E-state index in [0.717, 1.165) is 36.3 Å². The highest BCUT2D eigenvalue weighted by Crippen LogP contribution is 2.42. The highest BCUT2D eigenvalue weighted by Gasteiger charge is 2.39. The van der Waals surface area contributed by atoms with Gasteiger partial charge < -0.3 is 19.5 Å². The molecule has 1 amide bonds. The molecule has 0 radical (unpaired) electrons. The van der Waals surface area contributed by atoms with Crippen LogP contribution in [0.1, 0.15) is 51.6 Å². The van der Waals surface area contributed by atoms with E-state index in [1.54, 1.807) is 26.2 Å². The Bertz CT molecular complexity index is 799. The number of para-hydroxylation sites is 1. The van der Waals surface area contributed by atoms with Crippen molar-refractivity contribution in [3.8, 4) is 17.2 Å². The molecule has 1 N–H and O–H groups in total. The summed E-state index contributed by atoms with van der Waals surface area (Å²) in [6.45, 7) is 6.02. The number of hydrogen-bond donors (Lipinski definition) is 1. The molecule has 2 atom stereocenters. The normalized spacial score (nSPS) is 18.4. The van der Waals surface area contributed by atoms with Crippen molar-refractivity contribution in [2.24, 2.45) is 0 Å². The van der Waals surface area contributed by atoms with Crippen molar-refractivity contribution in [1.29, 1.82) is 0 Å². The standard InChI is InChI=1S/C23H29NO4/c1-5-23(6-2)15-20(19-9-7-8-10-21(19)28-23)24-22(25)16(3)27-18-13-11-17(26-4)12-14-18/h7-14,16,20H,5-6,15H2,1-4H3,(H,24,25)/t16-,20+/m0/s1. The zero-order valence-corrected chi connectivity index (χ0v) is 17.0. The highest BCUT2D eigenvalue weighted by atomic mass is 16.5. The maximum absolute atomic E-state index is 12.8. The van der Waals surface area contributed by atoms with E-state index in [2.05, 4.69) is 19.2 Å². The van der Waals surface area contributed by atoms with Crippen LogP contribution in [-0.4, -0.2) is 24.7 Å². The van der Waals surface area contributed by atoms with Gasteiger partial charge in [0.15, 0.2) is 6.10 Å². The Labute approximate surface area is 167 Å². The molecule has 0 fully saturated rings. The lowest BCUT2D eigenvalue weighted by Crippen LogP contribution is -2.46. The van der Waals surface area contributed by atoms with Gasteiger partial charge in [-0.3, -0.25) is 4.79 Å². The van der Waals surface area contributed by atoms with Gasteiger partial charge in [0.25, 0.3) is 5.91 Å². The number of hydrogen-bond acceptors (Lipinski definition) is 4. The van der Waals surface area contributed by atoms with E-state index in [9.17, 15) is 4.79 Å². The maximum Gasteiger partial charge on any atom is 0.261 e. The monoisotopic (exact) mass is 383 g/mol. The summed E-state index contributed by atoms with van der Waals surface area (Å²) in [6.07, 6.45) is 1.92. The SMILES string of the molecule is CCC1(CC)C[C@@H](NC(=O)[C@H](C)Oc2ccc(OC)cc2)c2ccccc2O1. The fourth-order valence-corrected chi connectivity index (χ4v) is 3.63. The molecule has 1 heterocycles. The Morgan fingerprint density at radius 2 is 1.79 bits per heavy atom. The number of carbonyl (C=O) groups excluding carboxylic acids is 1. The van der Waals surface area contributed by atoms with Crippen molar-refractivity contribution >= 4 is 5.91 Å². The quantitative estimate of drug-likeness (QED) is 0.755. The van der Waals surface area contributed by atoms with Crippen molar-refractivity contribution in [3.05, 3.63) is 54.1 Å². The second kappa shape index (κ2) is 8.55. The lowest BCUT2D eigenvalue weighted by Gasteiger charge is -2.41. The van der Waals surface area contributed by atoms with Crippen LogP contribution in [0.2, 0.25) is 0 Å². The predicted molar refractivity (Wildman–Crippen MR) is 109 cm³/mol. The summed E-state index contributed by atoms with van der Waals surface area (Å²) >= 11 is 0. The molecule has 0 aliphatic carbocycles. The molecule has 5 nitrogen and oxygen atoms in total.